The van der Waals surface area contributed by atoms with Crippen LogP contribution in [0.1, 0.15) is 38.5 Å². The number of amides is 3. The molecule has 3 amide bonds. The summed E-state index contributed by atoms with van der Waals surface area (Å²) >= 11 is 0. The monoisotopic (exact) mass is 239 g/mol. The minimum Gasteiger partial charge on any atom is -0.369 e. The number of likely N-dealkylation sites (tertiary alicyclic amines) is 1. The predicted octanol–water partition coefficient (Wildman–Crippen LogP) is 0.836. The largest absolute Gasteiger partial charge is 0.369 e. The van der Waals surface area contributed by atoms with Crippen molar-refractivity contribution in [3.8, 4) is 0 Å². The number of carbonyl (C=O) groups is 2. The molecule has 2 rings (SSSR count). The standard InChI is InChI=1S/C12H21N3O2/c13-11(16)9-4-3-7-15(8-9)12(17)14-10-5-1-2-6-10/h9-10H,1-8H2,(H2,13,16)(H,14,17)/t9-/m1/s1. The molecule has 0 unspecified atom stereocenters. The molecule has 0 aromatic heterocycles. The van der Waals surface area contributed by atoms with Gasteiger partial charge in [0, 0.05) is 19.1 Å². The van der Waals surface area contributed by atoms with Crippen LogP contribution in [0.4, 0.5) is 4.79 Å². The van der Waals surface area contributed by atoms with Gasteiger partial charge < -0.3 is 16.0 Å². The highest BCUT2D eigenvalue weighted by Crippen LogP contribution is 2.19. The molecule has 96 valence electrons. The van der Waals surface area contributed by atoms with Crippen LogP contribution in [-0.4, -0.2) is 36.0 Å². The van der Waals surface area contributed by atoms with Gasteiger partial charge in [-0.2, -0.15) is 0 Å². The van der Waals surface area contributed by atoms with Gasteiger partial charge in [-0.3, -0.25) is 4.79 Å². The van der Waals surface area contributed by atoms with Crippen LogP contribution < -0.4 is 11.1 Å². The molecule has 0 spiro atoms. The summed E-state index contributed by atoms with van der Waals surface area (Å²) in [5.74, 6) is -0.457. The van der Waals surface area contributed by atoms with Crippen molar-refractivity contribution in [3.63, 3.8) is 0 Å². The molecule has 1 aliphatic carbocycles. The van der Waals surface area contributed by atoms with Gasteiger partial charge >= 0.3 is 6.03 Å². The van der Waals surface area contributed by atoms with Gasteiger partial charge in [0.05, 0.1) is 5.92 Å². The second kappa shape index (κ2) is 5.38. The number of nitrogens with zero attached hydrogens (tertiary/aromatic N) is 1. The lowest BCUT2D eigenvalue weighted by molar-refractivity contribution is -0.123. The molecule has 1 atom stereocenters. The highest BCUT2D eigenvalue weighted by molar-refractivity contribution is 5.79. The smallest absolute Gasteiger partial charge is 0.317 e. The average molecular weight is 239 g/mol. The van der Waals surface area contributed by atoms with Crippen molar-refractivity contribution in [2.24, 2.45) is 11.7 Å². The first-order chi connectivity index (χ1) is 8.16. The van der Waals surface area contributed by atoms with Crippen molar-refractivity contribution in [1.82, 2.24) is 10.2 Å². The van der Waals surface area contributed by atoms with Crippen LogP contribution in [0.2, 0.25) is 0 Å². The predicted molar refractivity (Wildman–Crippen MR) is 64.3 cm³/mol. The maximum Gasteiger partial charge on any atom is 0.317 e. The van der Waals surface area contributed by atoms with Crippen LogP contribution in [0.5, 0.6) is 0 Å². The molecule has 0 radical (unpaired) electrons. The Hall–Kier alpha value is -1.26. The van der Waals surface area contributed by atoms with Gasteiger partial charge in [0.2, 0.25) is 5.91 Å². The van der Waals surface area contributed by atoms with E-state index in [0.29, 0.717) is 12.6 Å². The van der Waals surface area contributed by atoms with Crippen molar-refractivity contribution >= 4 is 11.9 Å². The Morgan fingerprint density at radius 1 is 1.12 bits per heavy atom. The van der Waals surface area contributed by atoms with Crippen LogP contribution in [-0.2, 0) is 4.79 Å². The molecule has 0 aromatic rings. The summed E-state index contributed by atoms with van der Waals surface area (Å²) in [4.78, 5) is 24.8. The van der Waals surface area contributed by atoms with Gasteiger partial charge in [-0.25, -0.2) is 4.79 Å². The first-order valence-corrected chi connectivity index (χ1v) is 6.51. The minimum atomic E-state index is -0.289. The third-order valence-corrected chi connectivity index (χ3v) is 3.79. The summed E-state index contributed by atoms with van der Waals surface area (Å²) in [6, 6.07) is 0.305. The summed E-state index contributed by atoms with van der Waals surface area (Å²) < 4.78 is 0. The highest BCUT2D eigenvalue weighted by atomic mass is 16.2. The van der Waals surface area contributed by atoms with Crippen LogP contribution in [0.25, 0.3) is 0 Å². The van der Waals surface area contributed by atoms with E-state index in [4.69, 9.17) is 5.73 Å². The number of carbonyl (C=O) groups excluding carboxylic acids is 2. The van der Waals surface area contributed by atoms with Crippen LogP contribution in [0.15, 0.2) is 0 Å². The quantitative estimate of drug-likeness (QED) is 0.749. The first kappa shape index (κ1) is 12.2. The number of primary amides is 1. The van der Waals surface area contributed by atoms with E-state index in [1.54, 1.807) is 4.90 Å². The Labute approximate surface area is 102 Å². The van der Waals surface area contributed by atoms with Crippen molar-refractivity contribution in [1.29, 1.82) is 0 Å². The summed E-state index contributed by atoms with van der Waals surface area (Å²) in [5.41, 5.74) is 5.30. The van der Waals surface area contributed by atoms with Crippen molar-refractivity contribution in [3.05, 3.63) is 0 Å². The topological polar surface area (TPSA) is 75.4 Å². The molecule has 1 saturated heterocycles. The Kier molecular flexibility index (Phi) is 3.86. The van der Waals surface area contributed by atoms with Gasteiger partial charge in [0.15, 0.2) is 0 Å². The van der Waals surface area contributed by atoms with Crippen LogP contribution in [0, 0.1) is 5.92 Å². The number of hydrogen-bond acceptors (Lipinski definition) is 2. The molecule has 0 bridgehead atoms. The Balaban J connectivity index is 1.83. The number of piperidine rings is 1. The SMILES string of the molecule is NC(=O)[C@@H]1CCCN(C(=O)NC2CCCC2)C1. The molecule has 5 nitrogen and oxygen atoms in total. The van der Waals surface area contributed by atoms with E-state index in [1.807, 2.05) is 0 Å². The zero-order chi connectivity index (χ0) is 12.3. The lowest BCUT2D eigenvalue weighted by Gasteiger charge is -2.32. The normalized spacial score (nSPS) is 25.9. The molecule has 1 aliphatic heterocycles. The fraction of sp³-hybridized carbons (Fsp3) is 0.833. The molecular weight excluding hydrogens is 218 g/mol. The Morgan fingerprint density at radius 3 is 2.47 bits per heavy atom. The Morgan fingerprint density at radius 2 is 1.82 bits per heavy atom. The van der Waals surface area contributed by atoms with Crippen molar-refractivity contribution in [2.75, 3.05) is 13.1 Å². The third kappa shape index (κ3) is 3.11. The molecular formula is C12H21N3O2. The number of urea groups is 1. The van der Waals surface area contributed by atoms with Crippen LogP contribution in [0.3, 0.4) is 0 Å². The molecule has 2 aliphatic rings. The van der Waals surface area contributed by atoms with E-state index in [0.717, 1.165) is 32.2 Å². The highest BCUT2D eigenvalue weighted by Gasteiger charge is 2.28. The zero-order valence-corrected chi connectivity index (χ0v) is 10.2. The van der Waals surface area contributed by atoms with Gasteiger partial charge in [-0.1, -0.05) is 12.8 Å². The second-order valence-electron chi connectivity index (χ2n) is 5.12. The number of nitrogens with two attached hydrogens (primary N) is 1. The van der Waals surface area contributed by atoms with Crippen LogP contribution >= 0.6 is 0 Å². The molecule has 5 heteroatoms. The Bertz CT molecular complexity index is 300. The molecule has 17 heavy (non-hydrogen) atoms. The molecule has 2 fully saturated rings. The average Bonchev–Trinajstić information content (AvgIpc) is 2.82. The number of nitrogens with one attached hydrogen (secondary N) is 1. The maximum atomic E-state index is 12.0. The fourth-order valence-electron chi connectivity index (χ4n) is 2.73. The summed E-state index contributed by atoms with van der Waals surface area (Å²) in [6.07, 6.45) is 6.25. The van der Waals surface area contributed by atoms with Gasteiger partial charge in [0.25, 0.3) is 0 Å². The van der Waals surface area contributed by atoms with E-state index < -0.39 is 0 Å². The van der Waals surface area contributed by atoms with E-state index >= 15 is 0 Å². The maximum absolute atomic E-state index is 12.0. The molecule has 1 saturated carbocycles. The number of hydrogen-bond donors (Lipinski definition) is 2. The van der Waals surface area contributed by atoms with E-state index in [-0.39, 0.29) is 17.9 Å². The fourth-order valence-corrected chi connectivity index (χ4v) is 2.73. The van der Waals surface area contributed by atoms with E-state index in [1.165, 1.54) is 12.8 Å². The summed E-state index contributed by atoms with van der Waals surface area (Å²) in [5, 5.41) is 3.04. The lowest BCUT2D eigenvalue weighted by atomic mass is 9.98. The molecule has 1 heterocycles. The van der Waals surface area contributed by atoms with Gasteiger partial charge in [-0.05, 0) is 25.7 Å². The van der Waals surface area contributed by atoms with E-state index in [2.05, 4.69) is 5.32 Å². The van der Waals surface area contributed by atoms with Crippen molar-refractivity contribution < 1.29 is 9.59 Å². The molecule has 3 N–H and O–H groups in total. The third-order valence-electron chi connectivity index (χ3n) is 3.79. The summed E-state index contributed by atoms with van der Waals surface area (Å²) in [7, 11) is 0. The first-order valence-electron chi connectivity index (χ1n) is 6.51. The summed E-state index contributed by atoms with van der Waals surface area (Å²) in [6.45, 7) is 1.22. The van der Waals surface area contributed by atoms with Crippen molar-refractivity contribution in [2.45, 2.75) is 44.6 Å². The zero-order valence-electron chi connectivity index (χ0n) is 10.2. The van der Waals surface area contributed by atoms with Gasteiger partial charge in [0.1, 0.15) is 0 Å². The molecule has 0 aromatic carbocycles. The minimum absolute atomic E-state index is 0.0251. The lowest BCUT2D eigenvalue weighted by Crippen LogP contribution is -2.50. The van der Waals surface area contributed by atoms with Gasteiger partial charge in [-0.15, -0.1) is 0 Å². The second-order valence-corrected chi connectivity index (χ2v) is 5.12. The number of rotatable bonds is 2. The van der Waals surface area contributed by atoms with E-state index in [9.17, 15) is 9.59 Å².